The molecule has 1 aromatic carbocycles. The molecule has 1 aliphatic rings. The lowest BCUT2D eigenvalue weighted by Gasteiger charge is -2.26. The van der Waals surface area contributed by atoms with E-state index >= 15 is 0 Å². The van der Waals surface area contributed by atoms with Crippen molar-refractivity contribution >= 4 is 11.7 Å². The maximum Gasteiger partial charge on any atom is 0.290 e. The van der Waals surface area contributed by atoms with Gasteiger partial charge in [0.1, 0.15) is 5.75 Å². The fourth-order valence-electron chi connectivity index (χ4n) is 3.19. The van der Waals surface area contributed by atoms with Crippen LogP contribution in [0.15, 0.2) is 58.4 Å². The van der Waals surface area contributed by atoms with Crippen LogP contribution in [0.4, 0.5) is 0 Å². The molecule has 1 amide bonds. The second-order valence-corrected chi connectivity index (χ2v) is 6.09. The van der Waals surface area contributed by atoms with Crippen molar-refractivity contribution in [3.8, 4) is 5.75 Å². The number of aliphatic hydroxyl groups is 1. The van der Waals surface area contributed by atoms with Crippen molar-refractivity contribution < 1.29 is 28.6 Å². The van der Waals surface area contributed by atoms with Crippen LogP contribution in [-0.2, 0) is 9.53 Å². The monoisotopic (exact) mass is 371 g/mol. The Morgan fingerprint density at radius 3 is 2.74 bits per heavy atom. The molecule has 1 aliphatic heterocycles. The van der Waals surface area contributed by atoms with E-state index in [2.05, 4.69) is 0 Å². The van der Waals surface area contributed by atoms with Crippen LogP contribution in [0.1, 0.15) is 28.6 Å². The van der Waals surface area contributed by atoms with E-state index in [4.69, 9.17) is 13.9 Å². The van der Waals surface area contributed by atoms with Gasteiger partial charge in [0.2, 0.25) is 5.78 Å². The number of Topliss-reactive ketones (excluding diaryl/α,β-unsaturated/α-hetero) is 1. The highest BCUT2D eigenvalue weighted by Crippen LogP contribution is 2.39. The van der Waals surface area contributed by atoms with Crippen molar-refractivity contribution in [2.24, 2.45) is 0 Å². The Bertz CT molecular complexity index is 855. The molecule has 1 atom stereocenters. The standard InChI is InChI=1S/C20H21NO6/c1-25-10-5-9-21-17(13-6-3-7-14(12-13)26-2)16(19(23)20(21)24)18(22)15-8-4-11-27-15/h3-4,6-8,11-12,17,23H,5,9-10H2,1-2H3/t17-/m0/s1. The van der Waals surface area contributed by atoms with Gasteiger partial charge in [-0.15, -0.1) is 0 Å². The normalized spacial score (nSPS) is 16.9. The van der Waals surface area contributed by atoms with Crippen LogP contribution in [0.25, 0.3) is 0 Å². The summed E-state index contributed by atoms with van der Waals surface area (Å²) in [5.74, 6) is -1.01. The van der Waals surface area contributed by atoms with Gasteiger partial charge in [0, 0.05) is 20.3 Å². The molecule has 0 fully saturated rings. The van der Waals surface area contributed by atoms with E-state index in [1.54, 1.807) is 37.4 Å². The molecule has 0 aliphatic carbocycles. The van der Waals surface area contributed by atoms with Gasteiger partial charge in [-0.05, 0) is 36.2 Å². The first-order chi connectivity index (χ1) is 13.1. The minimum absolute atomic E-state index is 0.000574. The Labute approximate surface area is 156 Å². The van der Waals surface area contributed by atoms with Crippen LogP contribution in [0.3, 0.4) is 0 Å². The number of methoxy groups -OCH3 is 2. The number of furan rings is 1. The number of amides is 1. The number of ketones is 1. The van der Waals surface area contributed by atoms with E-state index < -0.39 is 23.5 Å². The minimum atomic E-state index is -0.734. The van der Waals surface area contributed by atoms with Gasteiger partial charge in [-0.1, -0.05) is 12.1 Å². The van der Waals surface area contributed by atoms with Gasteiger partial charge in [0.25, 0.3) is 5.91 Å². The molecule has 0 spiro atoms. The molecule has 27 heavy (non-hydrogen) atoms. The van der Waals surface area contributed by atoms with E-state index in [1.165, 1.54) is 24.3 Å². The third-order valence-corrected chi connectivity index (χ3v) is 4.45. The van der Waals surface area contributed by atoms with E-state index in [0.717, 1.165) is 0 Å². The second kappa shape index (κ2) is 8.09. The van der Waals surface area contributed by atoms with Crippen molar-refractivity contribution in [1.29, 1.82) is 0 Å². The van der Waals surface area contributed by atoms with Gasteiger partial charge in [-0.3, -0.25) is 9.59 Å². The third kappa shape index (κ3) is 3.59. The first-order valence-electron chi connectivity index (χ1n) is 8.53. The Morgan fingerprint density at radius 1 is 1.26 bits per heavy atom. The highest BCUT2D eigenvalue weighted by atomic mass is 16.5. The summed E-state index contributed by atoms with van der Waals surface area (Å²) >= 11 is 0. The largest absolute Gasteiger partial charge is 0.503 e. The quantitative estimate of drug-likeness (QED) is 0.567. The maximum absolute atomic E-state index is 12.9. The molecule has 142 valence electrons. The van der Waals surface area contributed by atoms with Crippen molar-refractivity contribution in [1.82, 2.24) is 4.90 Å². The lowest BCUT2D eigenvalue weighted by Crippen LogP contribution is -2.32. The third-order valence-electron chi connectivity index (χ3n) is 4.45. The Kier molecular flexibility index (Phi) is 5.61. The van der Waals surface area contributed by atoms with Gasteiger partial charge in [-0.2, -0.15) is 0 Å². The maximum atomic E-state index is 12.9. The van der Waals surface area contributed by atoms with Crippen LogP contribution >= 0.6 is 0 Å². The number of carbonyl (C=O) groups is 2. The smallest absolute Gasteiger partial charge is 0.290 e. The molecule has 3 rings (SSSR count). The van der Waals surface area contributed by atoms with Crippen molar-refractivity contribution in [2.75, 3.05) is 27.4 Å². The zero-order valence-electron chi connectivity index (χ0n) is 15.2. The number of nitrogens with zero attached hydrogens (tertiary/aromatic N) is 1. The summed E-state index contributed by atoms with van der Waals surface area (Å²) in [4.78, 5) is 27.1. The van der Waals surface area contributed by atoms with Gasteiger partial charge >= 0.3 is 0 Å². The van der Waals surface area contributed by atoms with Crippen molar-refractivity contribution in [3.05, 3.63) is 65.3 Å². The van der Waals surface area contributed by atoms with E-state index in [1.807, 2.05) is 0 Å². The summed E-state index contributed by atoms with van der Waals surface area (Å²) in [6.45, 7) is 0.782. The topological polar surface area (TPSA) is 89.2 Å². The van der Waals surface area contributed by atoms with E-state index in [0.29, 0.717) is 30.9 Å². The molecule has 2 heterocycles. The van der Waals surface area contributed by atoms with Crippen molar-refractivity contribution in [3.63, 3.8) is 0 Å². The van der Waals surface area contributed by atoms with E-state index in [9.17, 15) is 14.7 Å². The Balaban J connectivity index is 2.04. The average Bonchev–Trinajstić information content (AvgIpc) is 3.30. The van der Waals surface area contributed by atoms with Crippen LogP contribution in [0.5, 0.6) is 5.75 Å². The summed E-state index contributed by atoms with van der Waals surface area (Å²) < 4.78 is 15.5. The SMILES string of the molecule is COCCCN1C(=O)C(O)=C(C(=O)c2ccco2)[C@@H]1c1cccc(OC)c1. The second-order valence-electron chi connectivity index (χ2n) is 6.09. The fraction of sp³-hybridized carbons (Fsp3) is 0.300. The molecule has 1 aromatic heterocycles. The molecule has 7 heteroatoms. The summed E-state index contributed by atoms with van der Waals surface area (Å²) in [6, 6.07) is 9.43. The van der Waals surface area contributed by atoms with Crippen LogP contribution in [-0.4, -0.2) is 49.1 Å². The number of hydrogen-bond acceptors (Lipinski definition) is 6. The summed E-state index contributed by atoms with van der Waals surface area (Å²) in [5, 5.41) is 10.5. The lowest BCUT2D eigenvalue weighted by molar-refractivity contribution is -0.129. The Morgan fingerprint density at radius 2 is 2.07 bits per heavy atom. The van der Waals surface area contributed by atoms with Gasteiger partial charge in [0.05, 0.1) is 25.0 Å². The highest BCUT2D eigenvalue weighted by Gasteiger charge is 2.44. The zero-order chi connectivity index (χ0) is 19.4. The molecule has 0 unspecified atom stereocenters. The molecule has 7 nitrogen and oxygen atoms in total. The number of hydrogen-bond donors (Lipinski definition) is 1. The zero-order valence-corrected chi connectivity index (χ0v) is 15.2. The molecular weight excluding hydrogens is 350 g/mol. The molecule has 1 N–H and O–H groups in total. The molecule has 0 saturated carbocycles. The van der Waals surface area contributed by atoms with Crippen LogP contribution in [0, 0.1) is 0 Å². The fourth-order valence-corrected chi connectivity index (χ4v) is 3.19. The number of ether oxygens (including phenoxy) is 2. The molecule has 2 aromatic rings. The highest BCUT2D eigenvalue weighted by molar-refractivity contribution is 6.15. The first kappa shape index (κ1) is 18.7. The van der Waals surface area contributed by atoms with Gasteiger partial charge in [0.15, 0.2) is 11.5 Å². The van der Waals surface area contributed by atoms with Crippen LogP contribution in [0.2, 0.25) is 0 Å². The number of aliphatic hydroxyl groups excluding tert-OH is 1. The molecule has 0 radical (unpaired) electrons. The van der Waals surface area contributed by atoms with E-state index in [-0.39, 0.29) is 11.3 Å². The summed E-state index contributed by atoms with van der Waals surface area (Å²) in [6.07, 6.45) is 1.94. The predicted octanol–water partition coefficient (Wildman–Crippen LogP) is 2.90. The lowest BCUT2D eigenvalue weighted by atomic mass is 9.95. The van der Waals surface area contributed by atoms with Crippen molar-refractivity contribution in [2.45, 2.75) is 12.5 Å². The number of benzene rings is 1. The number of carbonyl (C=O) groups excluding carboxylic acids is 2. The van der Waals surface area contributed by atoms with Gasteiger partial charge < -0.3 is 23.9 Å². The minimum Gasteiger partial charge on any atom is -0.503 e. The Hall–Kier alpha value is -3.06. The number of rotatable bonds is 8. The first-order valence-corrected chi connectivity index (χ1v) is 8.53. The molecular formula is C20H21NO6. The van der Waals surface area contributed by atoms with Crippen LogP contribution < -0.4 is 4.74 Å². The van der Waals surface area contributed by atoms with Gasteiger partial charge in [-0.25, -0.2) is 0 Å². The summed E-state index contributed by atoms with van der Waals surface area (Å²) in [7, 11) is 3.12. The predicted molar refractivity (Wildman–Crippen MR) is 96.6 cm³/mol. The average molecular weight is 371 g/mol. The molecule has 0 bridgehead atoms. The molecule has 0 saturated heterocycles. The summed E-state index contributed by atoms with van der Waals surface area (Å²) in [5.41, 5.74) is 0.666.